The molecule has 8 nitrogen and oxygen atoms in total. The number of carboxylic acid groups (broad SMARTS) is 2. The summed E-state index contributed by atoms with van der Waals surface area (Å²) >= 11 is 0. The molecular formula is C19H31F7N2O6. The summed E-state index contributed by atoms with van der Waals surface area (Å²) in [6.07, 6.45) is -13.1. The fourth-order valence-corrected chi connectivity index (χ4v) is 3.76. The standard InChI is InChI=1S/C11H19F2NO3.C6H11F2NO.C2HF3O2/c1-10(2,3)8-11(4,13)7(15)6(12)5-14(8)9(16)17;1-6(8)3-9-2-4(7)5(6)10;3-2(4,5)1(6)7/h6-8,15H,5H2,1-4H3,(H,16,17);4-5,9-10H,2-3H2,1H3;(H,6,7). The van der Waals surface area contributed by atoms with Crippen molar-refractivity contribution in [2.45, 2.75) is 82.7 Å². The van der Waals surface area contributed by atoms with Gasteiger partial charge in [0.25, 0.3) is 0 Å². The highest BCUT2D eigenvalue weighted by atomic mass is 19.4. The monoisotopic (exact) mass is 516 g/mol. The fraction of sp³-hybridized carbons (Fsp3) is 0.895. The second-order valence-electron chi connectivity index (χ2n) is 9.49. The van der Waals surface area contributed by atoms with Gasteiger partial charge in [0.05, 0.1) is 12.6 Å². The summed E-state index contributed by atoms with van der Waals surface area (Å²) in [5.74, 6) is -2.76. The van der Waals surface area contributed by atoms with Gasteiger partial charge in [-0.25, -0.2) is 27.2 Å². The molecule has 15 heteroatoms. The van der Waals surface area contributed by atoms with Gasteiger partial charge in [-0.2, -0.15) is 13.2 Å². The predicted octanol–water partition coefficient (Wildman–Crippen LogP) is 2.47. The zero-order valence-electron chi connectivity index (χ0n) is 19.2. The van der Waals surface area contributed by atoms with E-state index in [-0.39, 0.29) is 13.1 Å². The lowest BCUT2D eigenvalue weighted by atomic mass is 9.71. The Kier molecular flexibility index (Phi) is 10.6. The van der Waals surface area contributed by atoms with E-state index in [4.69, 9.17) is 20.1 Å². The Bertz CT molecular complexity index is 700. The van der Waals surface area contributed by atoms with Crippen molar-refractivity contribution in [3.05, 3.63) is 0 Å². The Morgan fingerprint density at radius 3 is 1.71 bits per heavy atom. The number of rotatable bonds is 0. The molecule has 2 aliphatic heterocycles. The van der Waals surface area contributed by atoms with E-state index in [1.54, 1.807) is 20.8 Å². The van der Waals surface area contributed by atoms with Crippen LogP contribution in [0.5, 0.6) is 0 Å². The third-order valence-corrected chi connectivity index (χ3v) is 5.22. The maximum absolute atomic E-state index is 14.5. The van der Waals surface area contributed by atoms with Crippen LogP contribution in [0.2, 0.25) is 0 Å². The van der Waals surface area contributed by atoms with Gasteiger partial charge >= 0.3 is 18.2 Å². The molecule has 0 aromatic heterocycles. The zero-order chi connectivity index (χ0) is 27.4. The van der Waals surface area contributed by atoms with E-state index >= 15 is 0 Å². The van der Waals surface area contributed by atoms with Gasteiger partial charge in [0, 0.05) is 13.1 Å². The number of carbonyl (C=O) groups is 2. The molecule has 2 rings (SSSR count). The number of likely N-dealkylation sites (tertiary alicyclic amines) is 1. The highest BCUT2D eigenvalue weighted by Gasteiger charge is 2.58. The van der Waals surface area contributed by atoms with Crippen LogP contribution >= 0.6 is 0 Å². The number of piperidine rings is 2. The lowest BCUT2D eigenvalue weighted by molar-refractivity contribution is -0.192. The first kappa shape index (κ1) is 32.1. The highest BCUT2D eigenvalue weighted by Crippen LogP contribution is 2.42. The van der Waals surface area contributed by atoms with Crippen LogP contribution in [-0.2, 0) is 4.79 Å². The third-order valence-electron chi connectivity index (χ3n) is 5.22. The summed E-state index contributed by atoms with van der Waals surface area (Å²) in [6, 6.07) is -1.09. The molecule has 0 aliphatic carbocycles. The molecule has 7 atom stereocenters. The summed E-state index contributed by atoms with van der Waals surface area (Å²) in [7, 11) is 0. The van der Waals surface area contributed by atoms with Gasteiger partial charge in [-0.05, 0) is 19.3 Å². The van der Waals surface area contributed by atoms with Crippen LogP contribution in [0.25, 0.3) is 0 Å². The number of hydrogen-bond acceptors (Lipinski definition) is 5. The predicted molar refractivity (Wildman–Crippen MR) is 105 cm³/mol. The van der Waals surface area contributed by atoms with Crippen LogP contribution in [-0.4, -0.2) is 105 Å². The van der Waals surface area contributed by atoms with Crippen molar-refractivity contribution in [2.24, 2.45) is 5.41 Å². The van der Waals surface area contributed by atoms with Crippen LogP contribution in [0.15, 0.2) is 0 Å². The number of carboxylic acids is 1. The molecule has 2 aliphatic rings. The van der Waals surface area contributed by atoms with E-state index in [1.807, 2.05) is 0 Å². The van der Waals surface area contributed by atoms with Crippen molar-refractivity contribution in [1.29, 1.82) is 0 Å². The smallest absolute Gasteiger partial charge is 0.475 e. The lowest BCUT2D eigenvalue weighted by Gasteiger charge is -2.51. The second-order valence-corrected chi connectivity index (χ2v) is 9.49. The minimum atomic E-state index is -5.08. The van der Waals surface area contributed by atoms with Crippen LogP contribution in [0, 0.1) is 5.41 Å². The average Bonchev–Trinajstić information content (AvgIpc) is 2.62. The Labute approximate surface area is 191 Å². The van der Waals surface area contributed by atoms with Gasteiger partial charge in [-0.1, -0.05) is 20.8 Å². The first-order chi connectivity index (χ1) is 15.0. The molecule has 0 aromatic rings. The summed E-state index contributed by atoms with van der Waals surface area (Å²) in [5, 5.41) is 37.2. The molecule has 0 spiro atoms. The number of nitrogens with zero attached hydrogens (tertiary/aromatic N) is 1. The number of aliphatic hydroxyl groups excluding tert-OH is 2. The topological polar surface area (TPSA) is 130 Å². The molecule has 7 unspecified atom stereocenters. The molecule has 2 fully saturated rings. The molecule has 2 saturated heterocycles. The largest absolute Gasteiger partial charge is 0.490 e. The first-order valence-electron chi connectivity index (χ1n) is 10.00. The van der Waals surface area contributed by atoms with Crippen molar-refractivity contribution in [1.82, 2.24) is 10.2 Å². The SMILES string of the molecule is CC(C)(C)C1N(C(=O)O)CC(F)C(O)C1(C)F.CC1(F)CNCC(F)C1O.O=C(O)C(F)(F)F. The molecular weight excluding hydrogens is 485 g/mol. The molecule has 5 N–H and O–H groups in total. The van der Waals surface area contributed by atoms with Gasteiger partial charge < -0.3 is 25.7 Å². The number of alkyl halides is 7. The van der Waals surface area contributed by atoms with E-state index in [1.165, 1.54) is 6.92 Å². The summed E-state index contributed by atoms with van der Waals surface area (Å²) in [6.45, 7) is 6.79. The normalized spacial score (nSPS) is 36.4. The maximum atomic E-state index is 14.5. The number of halogens is 7. The summed E-state index contributed by atoms with van der Waals surface area (Å²) < 4.78 is 85.2. The van der Waals surface area contributed by atoms with E-state index in [0.717, 1.165) is 11.8 Å². The Morgan fingerprint density at radius 2 is 1.41 bits per heavy atom. The molecule has 0 saturated carbocycles. The summed E-state index contributed by atoms with van der Waals surface area (Å²) in [4.78, 5) is 20.7. The van der Waals surface area contributed by atoms with Crippen LogP contribution in [0.4, 0.5) is 35.5 Å². The molecule has 0 aromatic carbocycles. The fourth-order valence-electron chi connectivity index (χ4n) is 3.76. The minimum absolute atomic E-state index is 0.0224. The van der Waals surface area contributed by atoms with Crippen molar-refractivity contribution in [3.8, 4) is 0 Å². The van der Waals surface area contributed by atoms with Crippen LogP contribution in [0.1, 0.15) is 34.6 Å². The number of hydrogen-bond donors (Lipinski definition) is 5. The molecule has 0 bridgehead atoms. The van der Waals surface area contributed by atoms with Crippen LogP contribution in [0.3, 0.4) is 0 Å². The number of aliphatic carboxylic acids is 1. The van der Waals surface area contributed by atoms with Gasteiger partial charge in [0.15, 0.2) is 5.67 Å². The maximum Gasteiger partial charge on any atom is 0.490 e. The number of amides is 1. The Hall–Kier alpha value is -1.87. The Morgan fingerprint density at radius 1 is 0.971 bits per heavy atom. The molecule has 34 heavy (non-hydrogen) atoms. The zero-order valence-corrected chi connectivity index (χ0v) is 19.2. The molecule has 202 valence electrons. The first-order valence-corrected chi connectivity index (χ1v) is 10.00. The van der Waals surface area contributed by atoms with Crippen molar-refractivity contribution in [2.75, 3.05) is 19.6 Å². The van der Waals surface area contributed by atoms with Crippen molar-refractivity contribution < 1.29 is 60.7 Å². The van der Waals surface area contributed by atoms with E-state index in [0.29, 0.717) is 0 Å². The Balaban J connectivity index is 0.000000541. The van der Waals surface area contributed by atoms with Crippen molar-refractivity contribution in [3.63, 3.8) is 0 Å². The van der Waals surface area contributed by atoms with Gasteiger partial charge in [-0.15, -0.1) is 0 Å². The van der Waals surface area contributed by atoms with Gasteiger partial charge in [0.2, 0.25) is 0 Å². The lowest BCUT2D eigenvalue weighted by Crippen LogP contribution is -2.69. The minimum Gasteiger partial charge on any atom is -0.475 e. The summed E-state index contributed by atoms with van der Waals surface area (Å²) in [5.41, 5.74) is -4.87. The van der Waals surface area contributed by atoms with Gasteiger partial charge in [-0.3, -0.25) is 4.90 Å². The third kappa shape index (κ3) is 8.41. The molecule has 1 amide bonds. The molecule has 2 heterocycles. The quantitative estimate of drug-likeness (QED) is 0.313. The number of aliphatic hydroxyl groups is 2. The van der Waals surface area contributed by atoms with E-state index < -0.39 is 72.1 Å². The van der Waals surface area contributed by atoms with Crippen molar-refractivity contribution >= 4 is 12.1 Å². The second kappa shape index (κ2) is 11.2. The van der Waals surface area contributed by atoms with E-state index in [2.05, 4.69) is 5.32 Å². The number of nitrogens with one attached hydrogen (secondary N) is 1. The van der Waals surface area contributed by atoms with Crippen LogP contribution < -0.4 is 5.32 Å². The van der Waals surface area contributed by atoms with Gasteiger partial charge in [0.1, 0.15) is 30.2 Å². The highest BCUT2D eigenvalue weighted by molar-refractivity contribution is 5.73. The van der Waals surface area contributed by atoms with E-state index in [9.17, 15) is 40.6 Å². The molecule has 0 radical (unpaired) electrons. The average molecular weight is 516 g/mol.